The summed E-state index contributed by atoms with van der Waals surface area (Å²) in [6.07, 6.45) is 1.81. The van der Waals surface area contributed by atoms with Gasteiger partial charge in [0.1, 0.15) is 0 Å². The van der Waals surface area contributed by atoms with Gasteiger partial charge in [0.15, 0.2) is 0 Å². The molecular formula is C20H26N2O. The van der Waals surface area contributed by atoms with E-state index in [1.807, 2.05) is 44.3 Å². The molecule has 3 heteroatoms. The van der Waals surface area contributed by atoms with Crippen molar-refractivity contribution in [1.82, 2.24) is 4.90 Å². The first-order valence-corrected chi connectivity index (χ1v) is 8.28. The summed E-state index contributed by atoms with van der Waals surface area (Å²) in [5, 5.41) is 3.12. The van der Waals surface area contributed by atoms with Gasteiger partial charge in [-0.1, -0.05) is 62.4 Å². The van der Waals surface area contributed by atoms with Gasteiger partial charge in [-0.3, -0.25) is 0 Å². The molecule has 0 aliphatic rings. The van der Waals surface area contributed by atoms with Crippen LogP contribution in [0.25, 0.3) is 0 Å². The molecule has 0 fully saturated rings. The number of hydrogen-bond acceptors (Lipinski definition) is 1. The topological polar surface area (TPSA) is 32.3 Å². The van der Waals surface area contributed by atoms with Crippen LogP contribution in [-0.2, 0) is 12.8 Å². The third-order valence-corrected chi connectivity index (χ3v) is 4.41. The molecule has 1 atom stereocenters. The van der Waals surface area contributed by atoms with Gasteiger partial charge in [0.05, 0.1) is 6.04 Å². The predicted octanol–water partition coefficient (Wildman–Crippen LogP) is 5.04. The third kappa shape index (κ3) is 3.92. The first-order valence-electron chi connectivity index (χ1n) is 8.28. The molecule has 0 aliphatic carbocycles. The molecule has 1 N–H and O–H groups in total. The monoisotopic (exact) mass is 310 g/mol. The van der Waals surface area contributed by atoms with Crippen LogP contribution in [0.2, 0.25) is 0 Å². The van der Waals surface area contributed by atoms with Gasteiger partial charge in [0.2, 0.25) is 0 Å². The highest BCUT2D eigenvalue weighted by Gasteiger charge is 2.19. The summed E-state index contributed by atoms with van der Waals surface area (Å²) in [4.78, 5) is 14.4. The molecule has 0 saturated heterocycles. The second-order valence-corrected chi connectivity index (χ2v) is 5.79. The fourth-order valence-electron chi connectivity index (χ4n) is 2.73. The van der Waals surface area contributed by atoms with Gasteiger partial charge < -0.3 is 10.2 Å². The number of nitrogens with zero attached hydrogens (tertiary/aromatic N) is 1. The Bertz CT molecular complexity index is 630. The van der Waals surface area contributed by atoms with Gasteiger partial charge in [-0.2, -0.15) is 0 Å². The van der Waals surface area contributed by atoms with Crippen molar-refractivity contribution in [3.8, 4) is 0 Å². The van der Waals surface area contributed by atoms with Crippen molar-refractivity contribution in [2.75, 3.05) is 12.4 Å². The molecule has 23 heavy (non-hydrogen) atoms. The van der Waals surface area contributed by atoms with Crippen molar-refractivity contribution in [3.63, 3.8) is 0 Å². The first kappa shape index (κ1) is 17.1. The van der Waals surface area contributed by atoms with E-state index in [0.717, 1.165) is 24.1 Å². The molecule has 2 rings (SSSR count). The highest BCUT2D eigenvalue weighted by Crippen LogP contribution is 2.25. The van der Waals surface area contributed by atoms with Crippen LogP contribution in [0, 0.1) is 0 Å². The SMILES string of the molecule is CCc1cccc(CC)c1NC(=O)N(C)C(C)c1ccccc1. The molecule has 2 aromatic carbocycles. The number of amides is 2. The Morgan fingerprint density at radius 3 is 2.09 bits per heavy atom. The average Bonchev–Trinajstić information content (AvgIpc) is 2.61. The van der Waals surface area contributed by atoms with Crippen LogP contribution in [0.5, 0.6) is 0 Å². The van der Waals surface area contributed by atoms with Gasteiger partial charge in [-0.05, 0) is 36.5 Å². The number of urea groups is 1. The van der Waals surface area contributed by atoms with Gasteiger partial charge in [0, 0.05) is 12.7 Å². The zero-order chi connectivity index (χ0) is 16.8. The maximum Gasteiger partial charge on any atom is 0.322 e. The van der Waals surface area contributed by atoms with Crippen LogP contribution >= 0.6 is 0 Å². The van der Waals surface area contributed by atoms with Gasteiger partial charge >= 0.3 is 6.03 Å². The number of nitrogens with one attached hydrogen (secondary N) is 1. The number of rotatable bonds is 5. The van der Waals surface area contributed by atoms with E-state index in [1.54, 1.807) is 4.90 Å². The van der Waals surface area contributed by atoms with Crippen molar-refractivity contribution in [2.45, 2.75) is 39.7 Å². The van der Waals surface area contributed by atoms with E-state index in [-0.39, 0.29) is 12.1 Å². The molecule has 0 spiro atoms. The Morgan fingerprint density at radius 2 is 1.57 bits per heavy atom. The van der Waals surface area contributed by atoms with Gasteiger partial charge in [-0.15, -0.1) is 0 Å². The molecule has 122 valence electrons. The minimum atomic E-state index is -0.0723. The summed E-state index contributed by atoms with van der Waals surface area (Å²) in [5.74, 6) is 0. The number of anilines is 1. The second kappa shape index (κ2) is 7.82. The molecule has 0 heterocycles. The summed E-state index contributed by atoms with van der Waals surface area (Å²) in [5.41, 5.74) is 4.45. The average molecular weight is 310 g/mol. The van der Waals surface area contributed by atoms with E-state index in [4.69, 9.17) is 0 Å². The summed E-state index contributed by atoms with van der Waals surface area (Å²) in [7, 11) is 1.84. The lowest BCUT2D eigenvalue weighted by atomic mass is 10.0. The number of aryl methyl sites for hydroxylation is 2. The predicted molar refractivity (Wildman–Crippen MR) is 96.8 cm³/mol. The Labute approximate surface area is 139 Å². The lowest BCUT2D eigenvalue weighted by Crippen LogP contribution is -2.34. The molecule has 2 aromatic rings. The molecule has 0 radical (unpaired) electrons. The number of benzene rings is 2. The zero-order valence-corrected chi connectivity index (χ0v) is 14.5. The molecular weight excluding hydrogens is 284 g/mol. The Balaban J connectivity index is 2.19. The lowest BCUT2D eigenvalue weighted by Gasteiger charge is -2.26. The smallest absolute Gasteiger partial charge is 0.321 e. The summed E-state index contributed by atoms with van der Waals surface area (Å²) < 4.78 is 0. The van der Waals surface area contributed by atoms with Crippen LogP contribution in [0.1, 0.15) is 43.5 Å². The molecule has 0 aliphatic heterocycles. The van der Waals surface area contributed by atoms with Crippen LogP contribution in [-0.4, -0.2) is 18.0 Å². The minimum absolute atomic E-state index is 0.0232. The maximum atomic E-state index is 12.7. The van der Waals surface area contributed by atoms with E-state index in [9.17, 15) is 4.79 Å². The van der Waals surface area contributed by atoms with E-state index < -0.39 is 0 Å². The fraction of sp³-hybridized carbons (Fsp3) is 0.350. The Kier molecular flexibility index (Phi) is 5.80. The van der Waals surface area contributed by atoms with Crippen LogP contribution in [0.4, 0.5) is 10.5 Å². The number of para-hydroxylation sites is 1. The standard InChI is InChI=1S/C20H26N2O/c1-5-16-13-10-14-17(6-2)19(16)21-20(23)22(4)15(3)18-11-8-7-9-12-18/h7-15H,5-6H2,1-4H3,(H,21,23). The highest BCUT2D eigenvalue weighted by atomic mass is 16.2. The van der Waals surface area contributed by atoms with E-state index in [1.165, 1.54) is 11.1 Å². The van der Waals surface area contributed by atoms with Crippen molar-refractivity contribution in [2.24, 2.45) is 0 Å². The quantitative estimate of drug-likeness (QED) is 0.824. The van der Waals surface area contributed by atoms with Crippen molar-refractivity contribution in [3.05, 3.63) is 65.2 Å². The van der Waals surface area contributed by atoms with E-state index >= 15 is 0 Å². The van der Waals surface area contributed by atoms with Crippen molar-refractivity contribution < 1.29 is 4.79 Å². The van der Waals surface area contributed by atoms with Gasteiger partial charge in [0.25, 0.3) is 0 Å². The molecule has 0 bridgehead atoms. The number of carbonyl (C=O) groups excluding carboxylic acids is 1. The molecule has 0 saturated carbocycles. The minimum Gasteiger partial charge on any atom is -0.321 e. The maximum absolute atomic E-state index is 12.7. The largest absolute Gasteiger partial charge is 0.322 e. The normalized spacial score (nSPS) is 11.8. The number of hydrogen-bond donors (Lipinski definition) is 1. The molecule has 3 nitrogen and oxygen atoms in total. The molecule has 0 aromatic heterocycles. The molecule has 2 amide bonds. The van der Waals surface area contributed by atoms with Crippen molar-refractivity contribution in [1.29, 1.82) is 0 Å². The van der Waals surface area contributed by atoms with E-state index in [2.05, 4.69) is 37.4 Å². The van der Waals surface area contributed by atoms with Crippen LogP contribution in [0.3, 0.4) is 0 Å². The van der Waals surface area contributed by atoms with Crippen LogP contribution in [0.15, 0.2) is 48.5 Å². The lowest BCUT2D eigenvalue weighted by molar-refractivity contribution is 0.208. The summed E-state index contributed by atoms with van der Waals surface area (Å²) >= 11 is 0. The molecule has 1 unspecified atom stereocenters. The first-order chi connectivity index (χ1) is 11.1. The zero-order valence-electron chi connectivity index (χ0n) is 14.5. The fourth-order valence-corrected chi connectivity index (χ4v) is 2.73. The van der Waals surface area contributed by atoms with Gasteiger partial charge in [-0.25, -0.2) is 4.79 Å². The summed E-state index contributed by atoms with van der Waals surface area (Å²) in [6, 6.07) is 16.2. The Morgan fingerprint density at radius 1 is 1.00 bits per heavy atom. The number of carbonyl (C=O) groups is 1. The second-order valence-electron chi connectivity index (χ2n) is 5.79. The highest BCUT2D eigenvalue weighted by molar-refractivity contribution is 5.91. The van der Waals surface area contributed by atoms with Crippen LogP contribution < -0.4 is 5.32 Å². The van der Waals surface area contributed by atoms with Crippen molar-refractivity contribution >= 4 is 11.7 Å². The summed E-state index contributed by atoms with van der Waals surface area (Å²) in [6.45, 7) is 6.27. The third-order valence-electron chi connectivity index (χ3n) is 4.41. The Hall–Kier alpha value is -2.29. The van der Waals surface area contributed by atoms with E-state index in [0.29, 0.717) is 0 Å².